The lowest BCUT2D eigenvalue weighted by molar-refractivity contribution is 0.871. The number of nitrogens with zero attached hydrogens (tertiary/aromatic N) is 2. The summed E-state index contributed by atoms with van der Waals surface area (Å²) < 4.78 is 2.43. The molecule has 1 aliphatic rings. The van der Waals surface area contributed by atoms with Gasteiger partial charge in [-0.1, -0.05) is 206 Å². The van der Waals surface area contributed by atoms with E-state index in [1.165, 1.54) is 87.9 Å². The second-order valence-corrected chi connectivity index (χ2v) is 18.5. The third-order valence-electron chi connectivity index (χ3n) is 14.3. The average Bonchev–Trinajstić information content (AvgIpc) is 3.79. The van der Waals surface area contributed by atoms with Crippen LogP contribution in [0.25, 0.3) is 82.4 Å². The van der Waals surface area contributed by atoms with Crippen molar-refractivity contribution in [2.75, 3.05) is 4.90 Å². The second kappa shape index (κ2) is 17.6. The van der Waals surface area contributed by atoms with Crippen LogP contribution in [0.4, 0.5) is 17.1 Å². The summed E-state index contributed by atoms with van der Waals surface area (Å²) in [6, 6.07) is 95.4. The van der Waals surface area contributed by atoms with E-state index in [1.54, 1.807) is 0 Å². The summed E-state index contributed by atoms with van der Waals surface area (Å²) in [4.78, 5) is 2.41. The maximum absolute atomic E-state index is 2.45. The highest BCUT2D eigenvalue weighted by molar-refractivity contribution is 6.25. The molecule has 13 rings (SSSR count). The molecule has 0 amide bonds. The van der Waals surface area contributed by atoms with Gasteiger partial charge in [0.25, 0.3) is 0 Å². The highest BCUT2D eigenvalue weighted by atomic mass is 15.1. The molecule has 0 radical (unpaired) electrons. The Labute approximate surface area is 409 Å². The Morgan fingerprint density at radius 3 is 1.74 bits per heavy atom. The number of hydrogen-bond acceptors (Lipinski definition) is 1. The number of aromatic nitrogens is 1. The number of allylic oxidation sites excluding steroid dienone is 4. The van der Waals surface area contributed by atoms with Crippen molar-refractivity contribution in [3.63, 3.8) is 0 Å². The van der Waals surface area contributed by atoms with Gasteiger partial charge in [-0.15, -0.1) is 0 Å². The second-order valence-electron chi connectivity index (χ2n) is 18.5. The summed E-state index contributed by atoms with van der Waals surface area (Å²) >= 11 is 0. The van der Waals surface area contributed by atoms with E-state index in [-0.39, 0.29) is 5.92 Å². The van der Waals surface area contributed by atoms with Gasteiger partial charge in [-0.05, 0) is 145 Å². The quantitative estimate of drug-likeness (QED) is 0.140. The highest BCUT2D eigenvalue weighted by Gasteiger charge is 2.22. The smallest absolute Gasteiger partial charge is 0.0547 e. The normalized spacial score (nSPS) is 13.7. The first-order valence-corrected chi connectivity index (χ1v) is 24.3. The summed E-state index contributed by atoms with van der Waals surface area (Å²) in [6.07, 6.45) is 5.78. The topological polar surface area (TPSA) is 8.17 Å². The monoisotopic (exact) mass is 892 g/mol. The predicted molar refractivity (Wildman–Crippen MR) is 298 cm³/mol. The number of hydrogen-bond donors (Lipinski definition) is 0. The third kappa shape index (κ3) is 7.48. The molecule has 0 saturated carbocycles. The number of fused-ring (bicyclic) bond motifs is 6. The third-order valence-corrected chi connectivity index (χ3v) is 14.3. The van der Waals surface area contributed by atoms with Crippen LogP contribution >= 0.6 is 0 Å². The predicted octanol–water partition coefficient (Wildman–Crippen LogP) is 18.5. The van der Waals surface area contributed by atoms with Crippen molar-refractivity contribution in [2.24, 2.45) is 0 Å². The van der Waals surface area contributed by atoms with Crippen molar-refractivity contribution >= 4 is 71.6 Å². The molecule has 0 spiro atoms. The molecule has 2 heteroatoms. The van der Waals surface area contributed by atoms with Crippen molar-refractivity contribution in [3.8, 4) is 27.9 Å². The van der Waals surface area contributed by atoms with Crippen LogP contribution in [0.15, 0.2) is 273 Å². The van der Waals surface area contributed by atoms with Crippen LogP contribution in [0.3, 0.4) is 0 Å². The van der Waals surface area contributed by atoms with E-state index in [1.807, 2.05) is 0 Å². The minimum absolute atomic E-state index is 0.278. The van der Waals surface area contributed by atoms with Crippen molar-refractivity contribution < 1.29 is 0 Å². The van der Waals surface area contributed by atoms with Gasteiger partial charge in [0.05, 0.1) is 11.0 Å². The van der Waals surface area contributed by atoms with Gasteiger partial charge in [-0.3, -0.25) is 0 Å². The summed E-state index contributed by atoms with van der Waals surface area (Å²) in [5, 5.41) is 7.51. The molecule has 330 valence electrons. The van der Waals surface area contributed by atoms with E-state index in [2.05, 4.69) is 282 Å². The summed E-state index contributed by atoms with van der Waals surface area (Å²) in [6.45, 7) is 0. The van der Waals surface area contributed by atoms with Gasteiger partial charge in [0.1, 0.15) is 0 Å². The lowest BCUT2D eigenvalue weighted by Gasteiger charge is -2.27. The summed E-state index contributed by atoms with van der Waals surface area (Å²) in [5.41, 5.74) is 18.0. The molecule has 0 aliphatic heterocycles. The van der Waals surface area contributed by atoms with Gasteiger partial charge in [0, 0.05) is 39.4 Å². The van der Waals surface area contributed by atoms with E-state index in [4.69, 9.17) is 0 Å². The van der Waals surface area contributed by atoms with E-state index in [0.29, 0.717) is 0 Å². The molecule has 1 atom stereocenters. The minimum Gasteiger partial charge on any atom is -0.310 e. The number of rotatable bonds is 9. The van der Waals surface area contributed by atoms with Crippen LogP contribution in [0.5, 0.6) is 0 Å². The molecule has 0 fully saturated rings. The molecule has 0 N–H and O–H groups in total. The fourth-order valence-corrected chi connectivity index (χ4v) is 10.9. The zero-order valence-corrected chi connectivity index (χ0v) is 38.7. The molecule has 1 aliphatic carbocycles. The number of para-hydroxylation sites is 1. The molecular weight excluding hydrogens is 845 g/mol. The molecule has 11 aromatic carbocycles. The van der Waals surface area contributed by atoms with Gasteiger partial charge >= 0.3 is 0 Å². The first-order valence-electron chi connectivity index (χ1n) is 24.3. The average molecular weight is 893 g/mol. The molecule has 0 saturated heterocycles. The number of anilines is 3. The minimum atomic E-state index is 0.278. The van der Waals surface area contributed by atoms with Gasteiger partial charge in [-0.2, -0.15) is 0 Å². The summed E-state index contributed by atoms with van der Waals surface area (Å²) in [5.74, 6) is 0.278. The molecule has 12 aromatic rings. The Bertz CT molecular complexity index is 3940. The standard InChI is InChI=1S/C68H48N2/c1-4-16-47(17-5-1)56-43-57(48-18-6-2-7-19-48)45-58(44-56)51-34-39-61(40-35-51)69(60-37-32-50(33-38-60)54-31-30-49-20-10-11-22-53(49)42-54)62-26-14-23-55(46-62)64-28-15-29-65-68(64)67-63-27-13-12-21-52(63)36-41-66(67)70(65)59-24-8-3-9-25-59/h1-44,46,57H,45H2. The van der Waals surface area contributed by atoms with Crippen molar-refractivity contribution in [1.29, 1.82) is 0 Å². The van der Waals surface area contributed by atoms with E-state index in [9.17, 15) is 0 Å². The highest BCUT2D eigenvalue weighted by Crippen LogP contribution is 2.45. The fourth-order valence-electron chi connectivity index (χ4n) is 10.9. The Morgan fingerprint density at radius 2 is 0.971 bits per heavy atom. The van der Waals surface area contributed by atoms with Crippen LogP contribution < -0.4 is 4.90 Å². The van der Waals surface area contributed by atoms with Crippen LogP contribution in [0.1, 0.15) is 29.0 Å². The first-order chi connectivity index (χ1) is 34.7. The van der Waals surface area contributed by atoms with Crippen molar-refractivity contribution in [1.82, 2.24) is 4.57 Å². The Hall–Kier alpha value is -8.98. The van der Waals surface area contributed by atoms with E-state index >= 15 is 0 Å². The lowest BCUT2D eigenvalue weighted by Crippen LogP contribution is -2.10. The van der Waals surface area contributed by atoms with Gasteiger partial charge < -0.3 is 9.47 Å². The van der Waals surface area contributed by atoms with Gasteiger partial charge in [0.15, 0.2) is 0 Å². The lowest BCUT2D eigenvalue weighted by atomic mass is 9.81. The molecule has 1 heterocycles. The maximum atomic E-state index is 2.45. The van der Waals surface area contributed by atoms with Crippen LogP contribution in [0, 0.1) is 0 Å². The van der Waals surface area contributed by atoms with Crippen molar-refractivity contribution in [2.45, 2.75) is 12.3 Å². The Kier molecular flexibility index (Phi) is 10.4. The van der Waals surface area contributed by atoms with E-state index < -0.39 is 0 Å². The molecule has 2 nitrogen and oxygen atoms in total. The maximum Gasteiger partial charge on any atom is 0.0547 e. The zero-order chi connectivity index (χ0) is 46.4. The van der Waals surface area contributed by atoms with Gasteiger partial charge in [-0.25, -0.2) is 0 Å². The van der Waals surface area contributed by atoms with Gasteiger partial charge in [0.2, 0.25) is 0 Å². The molecular formula is C68H48N2. The molecule has 70 heavy (non-hydrogen) atoms. The fraction of sp³-hybridized carbons (Fsp3) is 0.0294. The number of benzene rings is 11. The van der Waals surface area contributed by atoms with Crippen LogP contribution in [0.2, 0.25) is 0 Å². The van der Waals surface area contributed by atoms with E-state index in [0.717, 1.165) is 34.7 Å². The Balaban J connectivity index is 0.945. The van der Waals surface area contributed by atoms with Crippen molar-refractivity contribution in [3.05, 3.63) is 290 Å². The first kappa shape index (κ1) is 41.2. The largest absolute Gasteiger partial charge is 0.310 e. The van der Waals surface area contributed by atoms with Crippen LogP contribution in [-0.4, -0.2) is 4.57 Å². The zero-order valence-electron chi connectivity index (χ0n) is 38.7. The molecule has 0 bridgehead atoms. The van der Waals surface area contributed by atoms with Crippen LogP contribution in [-0.2, 0) is 0 Å². The molecule has 1 unspecified atom stereocenters. The molecule has 1 aromatic heterocycles. The summed E-state index contributed by atoms with van der Waals surface area (Å²) in [7, 11) is 0. The SMILES string of the molecule is C1=C(c2ccccc2)C=C(c2ccc(N(c3ccc(-c4ccc5ccccc5c4)cc3)c3cccc(-c4cccc5c4c4c6ccccc6ccc4n5-c4ccccc4)c3)cc2)CC1c1ccccc1. The Morgan fingerprint density at radius 1 is 0.371 bits per heavy atom.